The first-order valence-electron chi connectivity index (χ1n) is 5.14. The zero-order valence-electron chi connectivity index (χ0n) is 8.22. The van der Waals surface area contributed by atoms with Crippen LogP contribution in [0.4, 0.5) is 0 Å². The molecule has 1 heterocycles. The van der Waals surface area contributed by atoms with Gasteiger partial charge >= 0.3 is 0 Å². The first-order chi connectivity index (χ1) is 6.37. The van der Waals surface area contributed by atoms with E-state index in [4.69, 9.17) is 0 Å². The maximum absolute atomic E-state index is 3.46. The van der Waals surface area contributed by atoms with Crippen molar-refractivity contribution in [3.63, 3.8) is 0 Å². The third-order valence-corrected chi connectivity index (χ3v) is 3.31. The monoisotopic (exact) mass is 175 g/mol. The van der Waals surface area contributed by atoms with Crippen molar-refractivity contribution in [3.05, 3.63) is 35.9 Å². The second-order valence-corrected chi connectivity index (χ2v) is 3.93. The summed E-state index contributed by atoms with van der Waals surface area (Å²) in [6.07, 6.45) is 2.53. The van der Waals surface area contributed by atoms with Crippen molar-refractivity contribution in [1.29, 1.82) is 0 Å². The topological polar surface area (TPSA) is 12.0 Å². The highest BCUT2D eigenvalue weighted by Gasteiger charge is 2.33. The van der Waals surface area contributed by atoms with Crippen LogP contribution in [-0.2, 0) is 5.41 Å². The first-order valence-corrected chi connectivity index (χ1v) is 5.14. The normalized spacial score (nSPS) is 27.8. The molecule has 1 heteroatoms. The van der Waals surface area contributed by atoms with E-state index < -0.39 is 0 Å². The van der Waals surface area contributed by atoms with Crippen LogP contribution in [0.1, 0.15) is 25.3 Å². The molecule has 70 valence electrons. The molecule has 1 nitrogen and oxygen atoms in total. The van der Waals surface area contributed by atoms with Crippen molar-refractivity contribution in [2.45, 2.75) is 25.2 Å². The van der Waals surface area contributed by atoms with E-state index in [2.05, 4.69) is 42.6 Å². The lowest BCUT2D eigenvalue weighted by molar-refractivity contribution is 0.454. The van der Waals surface area contributed by atoms with Gasteiger partial charge in [0.05, 0.1) is 0 Å². The summed E-state index contributed by atoms with van der Waals surface area (Å²) in [5.41, 5.74) is 1.92. The minimum atomic E-state index is 0.418. The Morgan fingerprint density at radius 2 is 2.08 bits per heavy atom. The Bertz CT molecular complexity index is 260. The average molecular weight is 175 g/mol. The second kappa shape index (κ2) is 3.51. The van der Waals surface area contributed by atoms with Crippen LogP contribution < -0.4 is 5.32 Å². The Hall–Kier alpha value is -0.820. The Balaban J connectivity index is 2.31. The van der Waals surface area contributed by atoms with E-state index in [1.54, 1.807) is 0 Å². The third kappa shape index (κ3) is 1.49. The van der Waals surface area contributed by atoms with Crippen LogP contribution in [0.25, 0.3) is 0 Å². The van der Waals surface area contributed by atoms with Crippen molar-refractivity contribution < 1.29 is 0 Å². The predicted molar refractivity (Wildman–Crippen MR) is 55.9 cm³/mol. The van der Waals surface area contributed by atoms with Gasteiger partial charge in [0.25, 0.3) is 0 Å². The maximum Gasteiger partial charge on any atom is 0.00872 e. The highest BCUT2D eigenvalue weighted by Crippen LogP contribution is 2.33. The Morgan fingerprint density at radius 1 is 1.31 bits per heavy atom. The summed E-state index contributed by atoms with van der Waals surface area (Å²) in [6.45, 7) is 4.61. The van der Waals surface area contributed by atoms with Gasteiger partial charge in [-0.05, 0) is 24.9 Å². The van der Waals surface area contributed by atoms with E-state index in [-0.39, 0.29) is 0 Å². The van der Waals surface area contributed by atoms with Crippen molar-refractivity contribution >= 4 is 0 Å². The first kappa shape index (κ1) is 8.76. The van der Waals surface area contributed by atoms with Gasteiger partial charge in [-0.15, -0.1) is 0 Å². The van der Waals surface area contributed by atoms with Crippen LogP contribution >= 0.6 is 0 Å². The van der Waals surface area contributed by atoms with E-state index in [1.807, 2.05) is 0 Å². The summed E-state index contributed by atoms with van der Waals surface area (Å²) in [7, 11) is 0. The summed E-state index contributed by atoms with van der Waals surface area (Å²) >= 11 is 0. The molecule has 1 aliphatic rings. The van der Waals surface area contributed by atoms with E-state index in [1.165, 1.54) is 24.9 Å². The van der Waals surface area contributed by atoms with Gasteiger partial charge in [-0.3, -0.25) is 0 Å². The summed E-state index contributed by atoms with van der Waals surface area (Å²) in [5, 5.41) is 3.46. The van der Waals surface area contributed by atoms with Gasteiger partial charge < -0.3 is 5.32 Å². The fourth-order valence-electron chi connectivity index (χ4n) is 2.29. The molecule has 0 amide bonds. The highest BCUT2D eigenvalue weighted by molar-refractivity contribution is 5.27. The van der Waals surface area contributed by atoms with Gasteiger partial charge in [-0.1, -0.05) is 37.3 Å². The average Bonchev–Trinajstić information content (AvgIpc) is 2.69. The van der Waals surface area contributed by atoms with Crippen molar-refractivity contribution in [3.8, 4) is 0 Å². The fraction of sp³-hybridized carbons (Fsp3) is 0.500. The highest BCUT2D eigenvalue weighted by atomic mass is 14.9. The summed E-state index contributed by atoms with van der Waals surface area (Å²) in [6, 6.07) is 10.9. The Labute approximate surface area is 80.2 Å². The molecule has 0 spiro atoms. The van der Waals surface area contributed by atoms with Crippen LogP contribution in [0.5, 0.6) is 0 Å². The van der Waals surface area contributed by atoms with Gasteiger partial charge in [0, 0.05) is 12.0 Å². The van der Waals surface area contributed by atoms with Crippen molar-refractivity contribution in [1.82, 2.24) is 5.32 Å². The summed E-state index contributed by atoms with van der Waals surface area (Å²) in [5.74, 6) is 0. The van der Waals surface area contributed by atoms with Gasteiger partial charge in [-0.2, -0.15) is 0 Å². The molecule has 1 aliphatic heterocycles. The van der Waals surface area contributed by atoms with Crippen LogP contribution in [0.2, 0.25) is 0 Å². The van der Waals surface area contributed by atoms with E-state index in [0.29, 0.717) is 5.41 Å². The molecule has 0 bridgehead atoms. The molecule has 1 saturated heterocycles. The molecular formula is C12H17N. The van der Waals surface area contributed by atoms with Crippen LogP contribution in [0, 0.1) is 0 Å². The van der Waals surface area contributed by atoms with E-state index in [9.17, 15) is 0 Å². The fourth-order valence-corrected chi connectivity index (χ4v) is 2.29. The van der Waals surface area contributed by atoms with Gasteiger partial charge in [0.15, 0.2) is 0 Å². The molecule has 0 aromatic heterocycles. The number of nitrogens with one attached hydrogen (secondary N) is 1. The zero-order valence-corrected chi connectivity index (χ0v) is 8.22. The molecular weight excluding hydrogens is 158 g/mol. The predicted octanol–water partition coefficient (Wildman–Crippen LogP) is 2.33. The molecule has 1 aromatic rings. The van der Waals surface area contributed by atoms with E-state index in [0.717, 1.165) is 6.54 Å². The molecule has 0 saturated carbocycles. The molecule has 2 rings (SSSR count). The van der Waals surface area contributed by atoms with Crippen LogP contribution in [0.15, 0.2) is 30.3 Å². The van der Waals surface area contributed by atoms with Crippen molar-refractivity contribution in [2.75, 3.05) is 13.1 Å². The Morgan fingerprint density at radius 3 is 2.62 bits per heavy atom. The number of rotatable bonds is 2. The minimum Gasteiger partial charge on any atom is -0.316 e. The van der Waals surface area contributed by atoms with Gasteiger partial charge in [-0.25, -0.2) is 0 Å². The van der Waals surface area contributed by atoms with Crippen molar-refractivity contribution in [2.24, 2.45) is 0 Å². The van der Waals surface area contributed by atoms with Gasteiger partial charge in [0.1, 0.15) is 0 Å². The third-order valence-electron chi connectivity index (χ3n) is 3.31. The smallest absolute Gasteiger partial charge is 0.00872 e. The maximum atomic E-state index is 3.46. The van der Waals surface area contributed by atoms with E-state index >= 15 is 0 Å². The molecule has 1 N–H and O–H groups in total. The SMILES string of the molecule is CC[C@]1(c2ccccc2)CCNC1. The lowest BCUT2D eigenvalue weighted by Crippen LogP contribution is -2.27. The van der Waals surface area contributed by atoms with Gasteiger partial charge in [0.2, 0.25) is 0 Å². The Kier molecular flexibility index (Phi) is 2.36. The lowest BCUT2D eigenvalue weighted by atomic mass is 9.77. The summed E-state index contributed by atoms with van der Waals surface area (Å²) in [4.78, 5) is 0. The largest absolute Gasteiger partial charge is 0.316 e. The number of hydrogen-bond acceptors (Lipinski definition) is 1. The zero-order chi connectivity index (χ0) is 9.15. The second-order valence-electron chi connectivity index (χ2n) is 3.93. The molecule has 0 unspecified atom stereocenters. The standard InChI is InChI=1S/C12H17N/c1-2-12(8-9-13-10-12)11-6-4-3-5-7-11/h3-7,13H,2,8-10H2,1H3/t12-/m0/s1. The summed E-state index contributed by atoms with van der Waals surface area (Å²) < 4.78 is 0. The van der Waals surface area contributed by atoms with Crippen LogP contribution in [-0.4, -0.2) is 13.1 Å². The number of benzene rings is 1. The quantitative estimate of drug-likeness (QED) is 0.727. The molecule has 13 heavy (non-hydrogen) atoms. The minimum absolute atomic E-state index is 0.418. The molecule has 1 aromatic carbocycles. The molecule has 1 atom stereocenters. The number of hydrogen-bond donors (Lipinski definition) is 1. The molecule has 0 aliphatic carbocycles. The van der Waals surface area contributed by atoms with Crippen LogP contribution in [0.3, 0.4) is 0 Å². The lowest BCUT2D eigenvalue weighted by Gasteiger charge is -2.27. The molecule has 0 radical (unpaired) electrons. The molecule has 1 fully saturated rings.